The van der Waals surface area contributed by atoms with Crippen LogP contribution in [0.3, 0.4) is 0 Å². The van der Waals surface area contributed by atoms with Gasteiger partial charge in [-0.15, -0.1) is 0 Å². The summed E-state index contributed by atoms with van der Waals surface area (Å²) in [7, 11) is 0. The molecule has 1 aliphatic heterocycles. The van der Waals surface area contributed by atoms with Crippen molar-refractivity contribution < 1.29 is 19.1 Å². The van der Waals surface area contributed by atoms with Gasteiger partial charge in [0.1, 0.15) is 6.61 Å². The molecule has 2 amide bonds. The Morgan fingerprint density at radius 3 is 2.73 bits per heavy atom. The number of fused-ring (bicyclic) bond motifs is 1. The zero-order valence-corrected chi connectivity index (χ0v) is 21.0. The Bertz CT molecular complexity index is 1300. The third kappa shape index (κ3) is 5.56. The third-order valence-electron chi connectivity index (χ3n) is 4.78. The number of hydrogen-bond acceptors (Lipinski definition) is 5. The van der Waals surface area contributed by atoms with Crippen molar-refractivity contribution in [1.82, 2.24) is 5.32 Å². The van der Waals surface area contributed by atoms with Gasteiger partial charge >= 0.3 is 0 Å². The Labute approximate surface area is 209 Å². The van der Waals surface area contributed by atoms with E-state index in [1.54, 1.807) is 6.08 Å². The Kier molecular flexibility index (Phi) is 7.34. The quantitative estimate of drug-likeness (QED) is 0.311. The fraction of sp³-hybridized carbons (Fsp3) is 0.160. The highest BCUT2D eigenvalue weighted by Crippen LogP contribution is 2.37. The molecule has 1 aliphatic rings. The van der Waals surface area contributed by atoms with E-state index in [0.29, 0.717) is 29.6 Å². The van der Waals surface area contributed by atoms with Gasteiger partial charge in [-0.1, -0.05) is 42.5 Å². The van der Waals surface area contributed by atoms with Crippen molar-refractivity contribution >= 4 is 68.2 Å². The maximum atomic E-state index is 12.2. The zero-order valence-electron chi connectivity index (χ0n) is 18.1. The molecule has 0 aromatic heterocycles. The highest BCUT2D eigenvalue weighted by Gasteiger charge is 2.23. The lowest BCUT2D eigenvalue weighted by Crippen LogP contribution is -2.23. The van der Waals surface area contributed by atoms with Gasteiger partial charge in [0.2, 0.25) is 5.91 Å². The van der Waals surface area contributed by atoms with Crippen molar-refractivity contribution in [2.45, 2.75) is 20.5 Å². The van der Waals surface area contributed by atoms with Gasteiger partial charge in [-0.25, -0.2) is 0 Å². The molecule has 0 unspecified atom stereocenters. The molecule has 0 saturated carbocycles. The molecule has 1 N–H and O–H groups in total. The monoisotopic (exact) mass is 572 g/mol. The average Bonchev–Trinajstić information content (AvgIpc) is 3.11. The zero-order chi connectivity index (χ0) is 23.4. The first-order chi connectivity index (χ1) is 15.9. The van der Waals surface area contributed by atoms with Gasteiger partial charge in [0.25, 0.3) is 5.91 Å². The number of benzene rings is 3. The van der Waals surface area contributed by atoms with E-state index in [2.05, 4.69) is 57.2 Å². The number of ether oxygens (including phenoxy) is 2. The Morgan fingerprint density at radius 2 is 1.94 bits per heavy atom. The van der Waals surface area contributed by atoms with E-state index in [1.807, 2.05) is 37.3 Å². The number of amidine groups is 1. The SMILES string of the molecule is CCOc1cc(/C=C2\SC(NC(C)=O)=NC2=O)cc(I)c1OCc1cccc2ccccc12. The lowest BCUT2D eigenvalue weighted by Gasteiger charge is -2.16. The van der Waals surface area contributed by atoms with Crippen LogP contribution in [0.5, 0.6) is 11.5 Å². The molecule has 0 bridgehead atoms. The second-order valence-electron chi connectivity index (χ2n) is 7.20. The minimum atomic E-state index is -0.381. The molecule has 1 heterocycles. The second-order valence-corrected chi connectivity index (χ2v) is 9.40. The van der Waals surface area contributed by atoms with Crippen molar-refractivity contribution in [3.05, 3.63) is 74.2 Å². The van der Waals surface area contributed by atoms with E-state index >= 15 is 0 Å². The van der Waals surface area contributed by atoms with E-state index in [9.17, 15) is 9.59 Å². The first-order valence-electron chi connectivity index (χ1n) is 10.3. The summed E-state index contributed by atoms with van der Waals surface area (Å²) in [5.74, 6) is 0.618. The molecule has 168 valence electrons. The van der Waals surface area contributed by atoms with Gasteiger partial charge < -0.3 is 14.8 Å². The molecule has 0 radical (unpaired) electrons. The number of carbonyl (C=O) groups excluding carboxylic acids is 2. The largest absolute Gasteiger partial charge is 0.490 e. The molecule has 0 fully saturated rings. The van der Waals surface area contributed by atoms with Crippen LogP contribution in [0.1, 0.15) is 25.0 Å². The molecule has 0 saturated heterocycles. The molecule has 8 heteroatoms. The second kappa shape index (κ2) is 10.4. The van der Waals surface area contributed by atoms with Gasteiger partial charge in [0.15, 0.2) is 16.7 Å². The molecular formula is C25H21IN2O4S. The number of rotatable bonds is 6. The first-order valence-corrected chi connectivity index (χ1v) is 12.2. The summed E-state index contributed by atoms with van der Waals surface area (Å²) in [6, 6.07) is 18.2. The lowest BCUT2D eigenvalue weighted by molar-refractivity contribution is -0.117. The number of hydrogen-bond donors (Lipinski definition) is 1. The van der Waals surface area contributed by atoms with E-state index in [4.69, 9.17) is 9.47 Å². The van der Waals surface area contributed by atoms with Crippen molar-refractivity contribution in [3.63, 3.8) is 0 Å². The third-order valence-corrected chi connectivity index (χ3v) is 6.49. The Hall–Kier alpha value is -2.85. The summed E-state index contributed by atoms with van der Waals surface area (Å²) < 4.78 is 13.0. The lowest BCUT2D eigenvalue weighted by atomic mass is 10.1. The summed E-state index contributed by atoms with van der Waals surface area (Å²) >= 11 is 3.35. The number of aliphatic imine (C=N–C) groups is 1. The van der Waals surface area contributed by atoms with Crippen LogP contribution in [0.15, 0.2) is 64.5 Å². The van der Waals surface area contributed by atoms with Crippen LogP contribution in [-0.4, -0.2) is 23.6 Å². The van der Waals surface area contributed by atoms with Crippen LogP contribution in [0.2, 0.25) is 0 Å². The van der Waals surface area contributed by atoms with E-state index in [0.717, 1.165) is 31.8 Å². The van der Waals surface area contributed by atoms with Crippen LogP contribution in [0.4, 0.5) is 0 Å². The van der Waals surface area contributed by atoms with E-state index in [1.165, 1.54) is 12.3 Å². The fourth-order valence-electron chi connectivity index (χ4n) is 3.41. The minimum Gasteiger partial charge on any atom is -0.490 e. The summed E-state index contributed by atoms with van der Waals surface area (Å²) in [6.45, 7) is 4.17. The van der Waals surface area contributed by atoms with Crippen molar-refractivity contribution in [2.75, 3.05) is 6.61 Å². The summed E-state index contributed by atoms with van der Waals surface area (Å²) in [5, 5.41) is 5.16. The van der Waals surface area contributed by atoms with Crippen LogP contribution in [0.25, 0.3) is 16.8 Å². The molecule has 3 aromatic carbocycles. The molecule has 33 heavy (non-hydrogen) atoms. The Balaban J connectivity index is 1.59. The molecule has 0 aliphatic carbocycles. The maximum Gasteiger partial charge on any atom is 0.286 e. The molecular weight excluding hydrogens is 551 g/mol. The number of amides is 2. The van der Waals surface area contributed by atoms with Gasteiger partial charge in [0, 0.05) is 6.92 Å². The summed E-state index contributed by atoms with van der Waals surface area (Å²) in [4.78, 5) is 27.8. The predicted octanol–water partition coefficient (Wildman–Crippen LogP) is 5.53. The number of halogens is 1. The van der Waals surface area contributed by atoms with Crippen LogP contribution < -0.4 is 14.8 Å². The Morgan fingerprint density at radius 1 is 1.15 bits per heavy atom. The minimum absolute atomic E-state index is 0.267. The highest BCUT2D eigenvalue weighted by atomic mass is 127. The number of thioether (sulfide) groups is 1. The van der Waals surface area contributed by atoms with Crippen LogP contribution >= 0.6 is 34.4 Å². The average molecular weight is 572 g/mol. The molecule has 3 aromatic rings. The van der Waals surface area contributed by atoms with Crippen molar-refractivity contribution in [2.24, 2.45) is 4.99 Å². The summed E-state index contributed by atoms with van der Waals surface area (Å²) in [6.07, 6.45) is 1.74. The summed E-state index contributed by atoms with van der Waals surface area (Å²) in [5.41, 5.74) is 1.88. The van der Waals surface area contributed by atoms with Crippen LogP contribution in [-0.2, 0) is 16.2 Å². The first kappa shape index (κ1) is 23.3. The van der Waals surface area contributed by atoms with Gasteiger partial charge in [-0.3, -0.25) is 9.59 Å². The maximum absolute atomic E-state index is 12.2. The van der Waals surface area contributed by atoms with E-state index < -0.39 is 0 Å². The highest BCUT2D eigenvalue weighted by molar-refractivity contribution is 14.1. The standard InChI is InChI=1S/C25H21IN2O4S/c1-3-31-21-12-16(13-22-24(30)28-25(33-22)27-15(2)29)11-20(26)23(21)32-14-18-9-6-8-17-7-4-5-10-19(17)18/h4-13H,3,14H2,1-2H3,(H,27,28,29,30)/b22-13-. The van der Waals surface area contributed by atoms with Gasteiger partial charge in [-0.05, 0) is 81.4 Å². The molecule has 0 spiro atoms. The predicted molar refractivity (Wildman–Crippen MR) is 140 cm³/mol. The van der Waals surface area contributed by atoms with E-state index in [-0.39, 0.29) is 17.0 Å². The number of nitrogens with one attached hydrogen (secondary N) is 1. The van der Waals surface area contributed by atoms with Gasteiger partial charge in [-0.2, -0.15) is 4.99 Å². The normalized spacial score (nSPS) is 14.5. The molecule has 4 rings (SSSR count). The topological polar surface area (TPSA) is 77.0 Å². The molecule has 0 atom stereocenters. The van der Waals surface area contributed by atoms with Gasteiger partial charge in [0.05, 0.1) is 15.1 Å². The van der Waals surface area contributed by atoms with Crippen molar-refractivity contribution in [3.8, 4) is 11.5 Å². The smallest absolute Gasteiger partial charge is 0.286 e. The number of nitrogens with zero attached hydrogens (tertiary/aromatic N) is 1. The van der Waals surface area contributed by atoms with Crippen LogP contribution in [0, 0.1) is 3.57 Å². The molecule has 6 nitrogen and oxygen atoms in total. The number of carbonyl (C=O) groups is 2. The van der Waals surface area contributed by atoms with Crippen molar-refractivity contribution in [1.29, 1.82) is 0 Å². The fourth-order valence-corrected chi connectivity index (χ4v) is 5.05.